The summed E-state index contributed by atoms with van der Waals surface area (Å²) in [7, 11) is 0. The lowest BCUT2D eigenvalue weighted by atomic mass is 9.73. The molecule has 2 amide bonds. The van der Waals surface area contributed by atoms with Crippen molar-refractivity contribution in [3.8, 4) is 0 Å². The first-order valence-electron chi connectivity index (χ1n) is 10.1. The van der Waals surface area contributed by atoms with E-state index in [0.717, 1.165) is 38.8 Å². The molecular formula is C23H32N2O2. The van der Waals surface area contributed by atoms with Gasteiger partial charge in [-0.25, -0.2) is 0 Å². The molecule has 4 nitrogen and oxygen atoms in total. The smallest absolute Gasteiger partial charge is 0.243 e. The minimum Gasteiger partial charge on any atom is -0.352 e. The molecule has 1 N–H and O–H groups in total. The summed E-state index contributed by atoms with van der Waals surface area (Å²) in [6.07, 6.45) is 6.20. The topological polar surface area (TPSA) is 49.4 Å². The maximum absolute atomic E-state index is 12.9. The number of benzene rings is 1. The monoisotopic (exact) mass is 368 g/mol. The molecule has 1 aliphatic carbocycles. The van der Waals surface area contributed by atoms with Gasteiger partial charge < -0.3 is 10.2 Å². The summed E-state index contributed by atoms with van der Waals surface area (Å²) < 4.78 is 0. The Morgan fingerprint density at radius 1 is 1.22 bits per heavy atom. The van der Waals surface area contributed by atoms with Gasteiger partial charge in [0.2, 0.25) is 11.8 Å². The van der Waals surface area contributed by atoms with Crippen molar-refractivity contribution in [1.29, 1.82) is 0 Å². The van der Waals surface area contributed by atoms with Crippen molar-refractivity contribution in [2.24, 2.45) is 11.3 Å². The number of carbonyl (C=O) groups is 2. The van der Waals surface area contributed by atoms with Crippen molar-refractivity contribution in [3.63, 3.8) is 0 Å². The predicted molar refractivity (Wildman–Crippen MR) is 108 cm³/mol. The molecule has 3 rings (SSSR count). The number of hydrogen-bond donors (Lipinski definition) is 1. The zero-order chi connectivity index (χ0) is 19.5. The highest BCUT2D eigenvalue weighted by Crippen LogP contribution is 2.51. The van der Waals surface area contributed by atoms with E-state index >= 15 is 0 Å². The molecule has 0 atom stereocenters. The van der Waals surface area contributed by atoms with Crippen LogP contribution in [0, 0.1) is 11.3 Å². The number of likely N-dealkylation sites (tertiary alicyclic amines) is 1. The highest BCUT2D eigenvalue weighted by molar-refractivity contribution is 5.86. The molecule has 2 fully saturated rings. The first kappa shape index (κ1) is 19.7. The van der Waals surface area contributed by atoms with E-state index in [0.29, 0.717) is 24.8 Å². The summed E-state index contributed by atoms with van der Waals surface area (Å²) in [6.45, 7) is 10.2. The Hall–Kier alpha value is -2.10. The van der Waals surface area contributed by atoms with Crippen LogP contribution in [0.3, 0.4) is 0 Å². The number of piperidine rings is 1. The summed E-state index contributed by atoms with van der Waals surface area (Å²) in [5, 5.41) is 2.92. The highest BCUT2D eigenvalue weighted by Gasteiger charge is 2.46. The fourth-order valence-electron chi connectivity index (χ4n) is 4.35. The van der Waals surface area contributed by atoms with Crippen LogP contribution in [-0.4, -0.2) is 36.3 Å². The van der Waals surface area contributed by atoms with Gasteiger partial charge in [-0.2, -0.15) is 0 Å². The first-order chi connectivity index (χ1) is 12.9. The maximum Gasteiger partial charge on any atom is 0.243 e. The van der Waals surface area contributed by atoms with Crippen LogP contribution in [-0.2, 0) is 15.0 Å². The van der Waals surface area contributed by atoms with Crippen molar-refractivity contribution >= 4 is 11.8 Å². The molecule has 2 aliphatic rings. The minimum absolute atomic E-state index is 0.0234. The summed E-state index contributed by atoms with van der Waals surface area (Å²) >= 11 is 0. The van der Waals surface area contributed by atoms with Gasteiger partial charge in [-0.3, -0.25) is 9.59 Å². The molecular weight excluding hydrogens is 336 g/mol. The lowest BCUT2D eigenvalue weighted by Crippen LogP contribution is -2.46. The van der Waals surface area contributed by atoms with Crippen LogP contribution in [0.5, 0.6) is 0 Å². The molecule has 27 heavy (non-hydrogen) atoms. The van der Waals surface area contributed by atoms with Crippen molar-refractivity contribution in [1.82, 2.24) is 10.2 Å². The second-order valence-electron chi connectivity index (χ2n) is 8.89. The molecule has 1 saturated heterocycles. The number of nitrogens with zero attached hydrogens (tertiary/aromatic N) is 1. The third-order valence-corrected chi connectivity index (χ3v) is 6.59. The van der Waals surface area contributed by atoms with Gasteiger partial charge >= 0.3 is 0 Å². The van der Waals surface area contributed by atoms with Crippen LogP contribution >= 0.6 is 0 Å². The van der Waals surface area contributed by atoms with Gasteiger partial charge in [0.25, 0.3) is 0 Å². The van der Waals surface area contributed by atoms with E-state index in [1.165, 1.54) is 11.6 Å². The summed E-state index contributed by atoms with van der Waals surface area (Å²) in [5.74, 6) is 0.689. The van der Waals surface area contributed by atoms with E-state index in [1.54, 1.807) is 0 Å². The zero-order valence-electron chi connectivity index (χ0n) is 16.7. The van der Waals surface area contributed by atoms with Gasteiger partial charge in [0.1, 0.15) is 0 Å². The van der Waals surface area contributed by atoms with Gasteiger partial charge in [0.15, 0.2) is 0 Å². The number of rotatable bonds is 7. The number of nitrogens with one attached hydrogen (secondary N) is 1. The molecule has 1 saturated carbocycles. The fourth-order valence-corrected chi connectivity index (χ4v) is 4.35. The van der Waals surface area contributed by atoms with Crippen LogP contribution in [0.25, 0.3) is 0 Å². The molecule has 0 bridgehead atoms. The Kier molecular flexibility index (Phi) is 5.73. The largest absolute Gasteiger partial charge is 0.352 e. The second kappa shape index (κ2) is 7.87. The van der Waals surface area contributed by atoms with Crippen molar-refractivity contribution in [2.75, 3.05) is 19.6 Å². The first-order valence-corrected chi connectivity index (χ1v) is 10.1. The van der Waals surface area contributed by atoms with Gasteiger partial charge in [-0.1, -0.05) is 50.8 Å². The lowest BCUT2D eigenvalue weighted by molar-refractivity contribution is -0.133. The van der Waals surface area contributed by atoms with E-state index in [-0.39, 0.29) is 16.7 Å². The zero-order valence-corrected chi connectivity index (χ0v) is 16.7. The molecule has 1 heterocycles. The van der Waals surface area contributed by atoms with E-state index < -0.39 is 0 Å². The lowest BCUT2D eigenvalue weighted by Gasteiger charge is -2.41. The average molecular weight is 369 g/mol. The summed E-state index contributed by atoms with van der Waals surface area (Å²) in [6, 6.07) is 10.5. The number of amides is 2. The third kappa shape index (κ3) is 4.60. The Balaban J connectivity index is 1.51. The van der Waals surface area contributed by atoms with E-state index in [9.17, 15) is 9.59 Å². The molecule has 0 unspecified atom stereocenters. The molecule has 1 aromatic rings. The van der Waals surface area contributed by atoms with Crippen LogP contribution in [0.4, 0.5) is 0 Å². The summed E-state index contributed by atoms with van der Waals surface area (Å²) in [5.41, 5.74) is 1.42. The summed E-state index contributed by atoms with van der Waals surface area (Å²) in [4.78, 5) is 26.4. The standard InChI is InChI=1S/C23H32N2O2/c1-4-20(26)24-17-22(2,3)18-10-14-25(15-11-18)21(27)16-23(12-13-23)19-8-6-5-7-9-19/h4-9,18H,1,10-17H2,2-3H3,(H,24,26). The van der Waals surface area contributed by atoms with Crippen LogP contribution in [0.15, 0.2) is 43.0 Å². The Labute approximate surface area is 163 Å². The van der Waals surface area contributed by atoms with Crippen LogP contribution in [0.1, 0.15) is 51.5 Å². The van der Waals surface area contributed by atoms with Crippen LogP contribution in [0.2, 0.25) is 0 Å². The van der Waals surface area contributed by atoms with Gasteiger partial charge in [0, 0.05) is 31.5 Å². The van der Waals surface area contributed by atoms with Crippen molar-refractivity contribution in [2.45, 2.75) is 51.4 Å². The van der Waals surface area contributed by atoms with Crippen molar-refractivity contribution in [3.05, 3.63) is 48.6 Å². The SMILES string of the molecule is C=CC(=O)NCC(C)(C)C1CCN(C(=O)CC2(c3ccccc3)CC2)CC1. The number of hydrogen-bond acceptors (Lipinski definition) is 2. The quantitative estimate of drug-likeness (QED) is 0.747. The molecule has 1 aliphatic heterocycles. The molecule has 0 aromatic heterocycles. The normalized spacial score (nSPS) is 19.4. The Bertz CT molecular complexity index is 684. The van der Waals surface area contributed by atoms with E-state index in [4.69, 9.17) is 0 Å². The van der Waals surface area contributed by atoms with Gasteiger partial charge in [-0.15, -0.1) is 0 Å². The molecule has 0 spiro atoms. The van der Waals surface area contributed by atoms with E-state index in [1.807, 2.05) is 6.07 Å². The predicted octanol–water partition coefficient (Wildman–Crippen LogP) is 3.68. The van der Waals surface area contributed by atoms with Gasteiger partial charge in [0.05, 0.1) is 0 Å². The molecule has 1 aromatic carbocycles. The van der Waals surface area contributed by atoms with Crippen molar-refractivity contribution < 1.29 is 9.59 Å². The molecule has 146 valence electrons. The average Bonchev–Trinajstić information content (AvgIpc) is 3.47. The maximum atomic E-state index is 12.9. The Morgan fingerprint density at radius 3 is 2.41 bits per heavy atom. The third-order valence-electron chi connectivity index (χ3n) is 6.59. The minimum atomic E-state index is -0.119. The molecule has 4 heteroatoms. The fraction of sp³-hybridized carbons (Fsp3) is 0.565. The van der Waals surface area contributed by atoms with E-state index in [2.05, 4.69) is 54.9 Å². The molecule has 0 radical (unpaired) electrons. The second-order valence-corrected chi connectivity index (χ2v) is 8.89. The Morgan fingerprint density at radius 2 is 1.85 bits per heavy atom. The highest BCUT2D eigenvalue weighted by atomic mass is 16.2. The van der Waals surface area contributed by atoms with Gasteiger partial charge in [-0.05, 0) is 48.7 Å². The number of carbonyl (C=O) groups excluding carboxylic acids is 2. The van der Waals surface area contributed by atoms with Crippen LogP contribution < -0.4 is 5.32 Å².